The number of nitrogens with one attached hydrogen (secondary N) is 1. The first-order chi connectivity index (χ1) is 11.9. The number of hydrogen-bond donors (Lipinski definition) is 1. The first-order valence-corrected chi connectivity index (χ1v) is 8.68. The lowest BCUT2D eigenvalue weighted by molar-refractivity contribution is -0.137. The Balaban J connectivity index is 1.95. The van der Waals surface area contributed by atoms with Crippen molar-refractivity contribution < 1.29 is 17.6 Å². The summed E-state index contributed by atoms with van der Waals surface area (Å²) in [6.45, 7) is 0. The molecule has 1 saturated carbocycles. The lowest BCUT2D eigenvalue weighted by atomic mass is 10.00. The van der Waals surface area contributed by atoms with E-state index in [1.54, 1.807) is 6.07 Å². The van der Waals surface area contributed by atoms with Crippen LogP contribution in [0.5, 0.6) is 0 Å². The van der Waals surface area contributed by atoms with Gasteiger partial charge < -0.3 is 4.98 Å². The molecule has 0 aliphatic heterocycles. The molecule has 2 aromatic heterocycles. The molecule has 0 atom stereocenters. The summed E-state index contributed by atoms with van der Waals surface area (Å²) >= 11 is 1.54. The molecule has 0 spiro atoms. The Morgan fingerprint density at radius 1 is 1.12 bits per heavy atom. The molecule has 1 aromatic carbocycles. The molecule has 1 aliphatic rings. The first-order valence-electron chi connectivity index (χ1n) is 7.80. The number of aromatic nitrogens is 3. The molecule has 4 rings (SSSR count). The summed E-state index contributed by atoms with van der Waals surface area (Å²) in [4.78, 5) is 10.8. The van der Waals surface area contributed by atoms with E-state index >= 15 is 0 Å². The number of halogens is 4. The van der Waals surface area contributed by atoms with Crippen molar-refractivity contribution in [2.75, 3.05) is 0 Å². The molecular formula is C17H13F4N3S. The second-order valence-corrected chi connectivity index (χ2v) is 7.29. The van der Waals surface area contributed by atoms with Gasteiger partial charge in [-0.15, -0.1) is 11.8 Å². The maximum Gasteiger partial charge on any atom is 0.417 e. The zero-order valence-corrected chi connectivity index (χ0v) is 13.7. The Bertz CT molecular complexity index is 917. The quantitative estimate of drug-likeness (QED) is 0.628. The molecule has 130 valence electrons. The number of nitrogens with zero attached hydrogens (tertiary/aromatic N) is 2. The summed E-state index contributed by atoms with van der Waals surface area (Å²) in [7, 11) is 0. The van der Waals surface area contributed by atoms with E-state index in [9.17, 15) is 17.6 Å². The number of rotatable bonds is 3. The fourth-order valence-electron chi connectivity index (χ4n) is 2.86. The second kappa shape index (κ2) is 6.01. The largest absolute Gasteiger partial charge is 0.417 e. The highest BCUT2D eigenvalue weighted by molar-refractivity contribution is 7.99. The molecule has 1 fully saturated rings. The van der Waals surface area contributed by atoms with E-state index in [1.165, 1.54) is 30.2 Å². The van der Waals surface area contributed by atoms with Crippen LogP contribution >= 0.6 is 11.8 Å². The van der Waals surface area contributed by atoms with Gasteiger partial charge >= 0.3 is 6.18 Å². The van der Waals surface area contributed by atoms with Crippen LogP contribution in [0.2, 0.25) is 0 Å². The number of aromatic amines is 1. The number of H-pyrrole nitrogens is 1. The van der Waals surface area contributed by atoms with E-state index in [0.29, 0.717) is 16.3 Å². The van der Waals surface area contributed by atoms with Crippen LogP contribution in [-0.2, 0) is 6.18 Å². The van der Waals surface area contributed by atoms with Crippen molar-refractivity contribution in [3.8, 4) is 11.4 Å². The molecule has 0 saturated heterocycles. The number of fused-ring (bicyclic) bond motifs is 1. The van der Waals surface area contributed by atoms with Gasteiger partial charge in [0.1, 0.15) is 5.82 Å². The van der Waals surface area contributed by atoms with Crippen LogP contribution in [0.3, 0.4) is 0 Å². The van der Waals surface area contributed by atoms with Gasteiger partial charge in [0.05, 0.1) is 16.1 Å². The third-order valence-electron chi connectivity index (χ3n) is 4.28. The molecule has 3 nitrogen and oxygen atoms in total. The molecule has 0 radical (unpaired) electrons. The van der Waals surface area contributed by atoms with Crippen molar-refractivity contribution in [3.63, 3.8) is 0 Å². The Morgan fingerprint density at radius 2 is 1.84 bits per heavy atom. The lowest BCUT2D eigenvalue weighted by Crippen LogP contribution is -2.12. The van der Waals surface area contributed by atoms with E-state index in [2.05, 4.69) is 15.0 Å². The summed E-state index contributed by atoms with van der Waals surface area (Å²) in [6.07, 6.45) is 1.30. The van der Waals surface area contributed by atoms with Gasteiger partial charge in [0.15, 0.2) is 5.82 Å². The van der Waals surface area contributed by atoms with Crippen LogP contribution in [0, 0.1) is 5.82 Å². The van der Waals surface area contributed by atoms with Crippen LogP contribution in [-0.4, -0.2) is 20.2 Å². The minimum atomic E-state index is -4.71. The predicted octanol–water partition coefficient (Wildman–Crippen LogP) is 5.43. The van der Waals surface area contributed by atoms with Crippen LogP contribution in [0.25, 0.3) is 22.3 Å². The van der Waals surface area contributed by atoms with Gasteiger partial charge in [-0.3, -0.25) is 0 Å². The third-order valence-corrected chi connectivity index (χ3v) is 5.56. The molecule has 8 heteroatoms. The molecule has 1 N–H and O–H groups in total. The van der Waals surface area contributed by atoms with Crippen molar-refractivity contribution in [1.82, 2.24) is 15.0 Å². The fourth-order valence-corrected chi connectivity index (χ4v) is 4.13. The number of thioether (sulfide) groups is 1. The summed E-state index contributed by atoms with van der Waals surface area (Å²) in [5.74, 6) is -0.999. The number of hydrogen-bond acceptors (Lipinski definition) is 3. The minimum Gasteiger partial charge on any atom is -0.347 e. The normalized spacial score (nSPS) is 15.5. The van der Waals surface area contributed by atoms with Gasteiger partial charge in [0, 0.05) is 28.6 Å². The molecule has 0 amide bonds. The topological polar surface area (TPSA) is 41.6 Å². The Morgan fingerprint density at radius 3 is 2.44 bits per heavy atom. The first kappa shape index (κ1) is 16.4. The summed E-state index contributed by atoms with van der Waals surface area (Å²) in [5.41, 5.74) is -1.21. The van der Waals surface area contributed by atoms with Crippen molar-refractivity contribution in [2.24, 2.45) is 0 Å². The number of benzene rings is 1. The average Bonchev–Trinajstić information content (AvgIpc) is 2.95. The highest BCUT2D eigenvalue weighted by Crippen LogP contribution is 2.43. The zero-order chi connectivity index (χ0) is 17.6. The average molecular weight is 367 g/mol. The zero-order valence-electron chi connectivity index (χ0n) is 12.9. The van der Waals surface area contributed by atoms with Gasteiger partial charge in [-0.1, -0.05) is 6.42 Å². The van der Waals surface area contributed by atoms with Gasteiger partial charge in [-0.2, -0.15) is 13.2 Å². The van der Waals surface area contributed by atoms with Gasteiger partial charge in [-0.05, 0) is 31.0 Å². The van der Waals surface area contributed by atoms with E-state index in [0.717, 1.165) is 19.3 Å². The van der Waals surface area contributed by atoms with Crippen molar-refractivity contribution in [1.29, 1.82) is 0 Å². The van der Waals surface area contributed by atoms with Crippen LogP contribution < -0.4 is 0 Å². The lowest BCUT2D eigenvalue weighted by Gasteiger charge is -2.23. The second-order valence-electron chi connectivity index (χ2n) is 5.94. The smallest absolute Gasteiger partial charge is 0.347 e. The van der Waals surface area contributed by atoms with Crippen molar-refractivity contribution >= 4 is 22.7 Å². The third kappa shape index (κ3) is 2.99. The molecular weight excluding hydrogens is 354 g/mol. The van der Waals surface area contributed by atoms with Crippen LogP contribution in [0.4, 0.5) is 17.6 Å². The molecule has 1 aliphatic carbocycles. The molecule has 25 heavy (non-hydrogen) atoms. The van der Waals surface area contributed by atoms with Gasteiger partial charge in [-0.25, -0.2) is 14.4 Å². The monoisotopic (exact) mass is 367 g/mol. The Labute approximate surface area is 144 Å². The molecule has 3 aromatic rings. The maximum absolute atomic E-state index is 14.3. The highest BCUT2D eigenvalue weighted by Gasteiger charge is 2.37. The van der Waals surface area contributed by atoms with Crippen molar-refractivity contribution in [2.45, 2.75) is 35.7 Å². The SMILES string of the molecule is Fc1cc(C(F)(F)F)c(-c2ncccn2)c2cc(SC3CCC3)[nH]c12. The maximum atomic E-state index is 14.3. The van der Waals surface area contributed by atoms with E-state index < -0.39 is 17.6 Å². The van der Waals surface area contributed by atoms with Crippen LogP contribution in [0.15, 0.2) is 35.6 Å². The standard InChI is InChI=1S/C17H13F4N3S/c18-12-8-11(17(19,20)21)14(16-22-5-2-6-23-16)10-7-13(24-15(10)12)25-9-3-1-4-9/h2,5-9,24H,1,3-4H2. The molecule has 0 bridgehead atoms. The Hall–Kier alpha value is -2.09. The minimum absolute atomic E-state index is 0.0530. The number of alkyl halides is 3. The van der Waals surface area contributed by atoms with Crippen molar-refractivity contribution in [3.05, 3.63) is 42.0 Å². The van der Waals surface area contributed by atoms with Crippen LogP contribution in [0.1, 0.15) is 24.8 Å². The summed E-state index contributed by atoms with van der Waals surface area (Å²) in [5, 5.41) is 1.24. The molecule has 2 heterocycles. The highest BCUT2D eigenvalue weighted by atomic mass is 32.2. The van der Waals surface area contributed by atoms with E-state index in [1.807, 2.05) is 0 Å². The van der Waals surface area contributed by atoms with E-state index in [4.69, 9.17) is 0 Å². The summed E-state index contributed by atoms with van der Waals surface area (Å²) < 4.78 is 54.8. The van der Waals surface area contributed by atoms with Gasteiger partial charge in [0.25, 0.3) is 0 Å². The fraction of sp³-hybridized carbons (Fsp3) is 0.294. The summed E-state index contributed by atoms with van der Waals surface area (Å²) in [6, 6.07) is 3.61. The van der Waals surface area contributed by atoms with Gasteiger partial charge in [0.2, 0.25) is 0 Å². The Kier molecular flexibility index (Phi) is 3.94. The molecule has 0 unspecified atom stereocenters. The van der Waals surface area contributed by atoms with E-state index in [-0.39, 0.29) is 22.3 Å². The predicted molar refractivity (Wildman–Crippen MR) is 87.8 cm³/mol.